The van der Waals surface area contributed by atoms with E-state index in [0.29, 0.717) is 23.1 Å². The minimum atomic E-state index is -0.953. The van der Waals surface area contributed by atoms with Gasteiger partial charge in [-0.05, 0) is 60.0 Å². The predicted octanol–water partition coefficient (Wildman–Crippen LogP) is 5.22. The Kier molecular flexibility index (Phi) is 7.29. The van der Waals surface area contributed by atoms with Crippen LogP contribution >= 0.6 is 23.2 Å². The van der Waals surface area contributed by atoms with Gasteiger partial charge in [0.2, 0.25) is 0 Å². The Morgan fingerprint density at radius 1 is 1.00 bits per heavy atom. The van der Waals surface area contributed by atoms with Crippen LogP contribution < -0.4 is 5.32 Å². The second-order valence-electron chi connectivity index (χ2n) is 6.72. The van der Waals surface area contributed by atoms with Gasteiger partial charge in [-0.3, -0.25) is 0 Å². The maximum atomic E-state index is 11.0. The fourth-order valence-corrected chi connectivity index (χ4v) is 3.55. The zero-order chi connectivity index (χ0) is 20.8. The number of aliphatic hydroxyl groups excluding tert-OH is 1. The highest BCUT2D eigenvalue weighted by atomic mass is 35.5. The summed E-state index contributed by atoms with van der Waals surface area (Å²) in [6.07, 6.45) is 0.147. The first-order chi connectivity index (χ1) is 13.9. The maximum absolute atomic E-state index is 11.0. The molecule has 0 aliphatic rings. The molecule has 0 aromatic heterocycles. The van der Waals surface area contributed by atoms with Crippen LogP contribution in [0.5, 0.6) is 0 Å². The maximum Gasteiger partial charge on any atom is 0.335 e. The number of hydrogen-bond donors (Lipinski definition) is 3. The molecule has 3 aromatic rings. The van der Waals surface area contributed by atoms with Crippen molar-refractivity contribution in [2.24, 2.45) is 0 Å². The van der Waals surface area contributed by atoms with Crippen LogP contribution in [-0.4, -0.2) is 29.3 Å². The summed E-state index contributed by atoms with van der Waals surface area (Å²) in [6, 6.07) is 19.7. The summed E-state index contributed by atoms with van der Waals surface area (Å²) < 4.78 is 0. The van der Waals surface area contributed by atoms with Gasteiger partial charge < -0.3 is 15.5 Å². The molecule has 3 aromatic carbocycles. The third-order valence-electron chi connectivity index (χ3n) is 4.64. The highest BCUT2D eigenvalue weighted by Crippen LogP contribution is 2.29. The largest absolute Gasteiger partial charge is 0.478 e. The summed E-state index contributed by atoms with van der Waals surface area (Å²) in [5.41, 5.74) is 3.83. The number of rotatable bonds is 8. The average molecular weight is 430 g/mol. The topological polar surface area (TPSA) is 69.6 Å². The van der Waals surface area contributed by atoms with Gasteiger partial charge in [-0.15, -0.1) is 0 Å². The molecule has 0 unspecified atom stereocenters. The van der Waals surface area contributed by atoms with Gasteiger partial charge in [0.05, 0.1) is 11.7 Å². The highest BCUT2D eigenvalue weighted by Gasteiger charge is 2.09. The summed E-state index contributed by atoms with van der Waals surface area (Å²) in [5, 5.41) is 23.7. The van der Waals surface area contributed by atoms with E-state index in [9.17, 15) is 9.90 Å². The molecular weight excluding hydrogens is 409 g/mol. The normalized spacial score (nSPS) is 12.0. The fourth-order valence-electron chi connectivity index (χ4n) is 3.04. The zero-order valence-corrected chi connectivity index (χ0v) is 17.1. The van der Waals surface area contributed by atoms with Crippen LogP contribution in [0.15, 0.2) is 66.7 Å². The zero-order valence-electron chi connectivity index (χ0n) is 15.6. The molecule has 6 heteroatoms. The Morgan fingerprint density at radius 3 is 2.41 bits per heavy atom. The second kappa shape index (κ2) is 9.90. The van der Waals surface area contributed by atoms with E-state index < -0.39 is 12.1 Å². The van der Waals surface area contributed by atoms with Gasteiger partial charge in [-0.2, -0.15) is 0 Å². The molecule has 29 heavy (non-hydrogen) atoms. The monoisotopic (exact) mass is 429 g/mol. The molecule has 0 bridgehead atoms. The van der Waals surface area contributed by atoms with E-state index in [2.05, 4.69) is 5.32 Å². The molecule has 0 saturated heterocycles. The minimum absolute atomic E-state index is 0.243. The smallest absolute Gasteiger partial charge is 0.335 e. The lowest BCUT2D eigenvalue weighted by atomic mass is 10.0. The number of carboxylic acid groups (broad SMARTS) is 1. The molecule has 0 spiro atoms. The third-order valence-corrected chi connectivity index (χ3v) is 5.19. The lowest BCUT2D eigenvalue weighted by Crippen LogP contribution is -2.23. The van der Waals surface area contributed by atoms with Crippen molar-refractivity contribution in [3.8, 4) is 11.1 Å². The molecule has 0 aliphatic heterocycles. The Hall–Kier alpha value is -2.37. The van der Waals surface area contributed by atoms with Gasteiger partial charge in [0.25, 0.3) is 0 Å². The van der Waals surface area contributed by atoms with Crippen molar-refractivity contribution in [2.75, 3.05) is 13.1 Å². The van der Waals surface area contributed by atoms with Crippen molar-refractivity contribution in [3.63, 3.8) is 0 Å². The molecule has 0 fully saturated rings. The Bertz CT molecular complexity index is 990. The molecule has 0 heterocycles. The van der Waals surface area contributed by atoms with Crippen LogP contribution in [-0.2, 0) is 6.42 Å². The van der Waals surface area contributed by atoms with E-state index in [-0.39, 0.29) is 5.56 Å². The predicted molar refractivity (Wildman–Crippen MR) is 117 cm³/mol. The van der Waals surface area contributed by atoms with Crippen LogP contribution in [0.4, 0.5) is 0 Å². The van der Waals surface area contributed by atoms with Crippen LogP contribution in [0, 0.1) is 0 Å². The summed E-state index contributed by atoms with van der Waals surface area (Å²) in [4.78, 5) is 11.0. The summed E-state index contributed by atoms with van der Waals surface area (Å²) in [7, 11) is 0. The first-order valence-corrected chi connectivity index (χ1v) is 9.96. The summed E-state index contributed by atoms with van der Waals surface area (Å²) >= 11 is 12.4. The SMILES string of the molecule is O=C(O)c1ccc(-c2ccc(CCNC[C@H](O)c3cccc(Cl)c3)cc2Cl)cc1. The number of carboxylic acids is 1. The van der Waals surface area contributed by atoms with Crippen molar-refractivity contribution in [3.05, 3.63) is 93.5 Å². The number of benzene rings is 3. The Labute approximate surface area is 179 Å². The molecule has 0 amide bonds. The number of carbonyl (C=O) groups is 1. The van der Waals surface area contributed by atoms with E-state index in [1.807, 2.05) is 30.3 Å². The quantitative estimate of drug-likeness (QED) is 0.429. The first kappa shape index (κ1) is 21.3. The van der Waals surface area contributed by atoms with Crippen LogP contribution in [0.3, 0.4) is 0 Å². The summed E-state index contributed by atoms with van der Waals surface area (Å²) in [6.45, 7) is 1.13. The molecule has 0 saturated carbocycles. The standard InChI is InChI=1S/C23H21Cl2NO3/c24-19-3-1-2-18(13-19)22(27)14-26-11-10-15-4-9-20(21(25)12-15)16-5-7-17(8-6-16)23(28)29/h1-9,12-13,22,26-27H,10-11,14H2,(H,28,29)/t22-/m0/s1. The average Bonchev–Trinajstić information content (AvgIpc) is 2.71. The Balaban J connectivity index is 1.54. The molecular formula is C23H21Cl2NO3. The number of aliphatic hydroxyl groups is 1. The van der Waals surface area contributed by atoms with Crippen molar-refractivity contribution in [1.82, 2.24) is 5.32 Å². The van der Waals surface area contributed by atoms with Crippen LogP contribution in [0.1, 0.15) is 27.6 Å². The molecule has 4 nitrogen and oxygen atoms in total. The van der Waals surface area contributed by atoms with Gasteiger partial charge in [-0.1, -0.05) is 59.6 Å². The summed E-state index contributed by atoms with van der Waals surface area (Å²) in [5.74, 6) is -0.953. The molecule has 1 atom stereocenters. The first-order valence-electron chi connectivity index (χ1n) is 9.20. The van der Waals surface area contributed by atoms with Crippen LogP contribution in [0.25, 0.3) is 11.1 Å². The lowest BCUT2D eigenvalue weighted by molar-refractivity contribution is 0.0697. The number of nitrogens with one attached hydrogen (secondary N) is 1. The van der Waals surface area contributed by atoms with E-state index in [4.69, 9.17) is 28.3 Å². The molecule has 150 valence electrons. The van der Waals surface area contributed by atoms with Gasteiger partial charge in [0.15, 0.2) is 0 Å². The van der Waals surface area contributed by atoms with E-state index in [1.54, 1.807) is 36.4 Å². The molecule has 3 N–H and O–H groups in total. The second-order valence-corrected chi connectivity index (χ2v) is 7.57. The highest BCUT2D eigenvalue weighted by molar-refractivity contribution is 6.33. The number of hydrogen-bond acceptors (Lipinski definition) is 3. The van der Waals surface area contributed by atoms with Gasteiger partial charge in [-0.25, -0.2) is 4.79 Å². The lowest BCUT2D eigenvalue weighted by Gasteiger charge is -2.13. The fraction of sp³-hybridized carbons (Fsp3) is 0.174. The number of aromatic carboxylic acids is 1. The minimum Gasteiger partial charge on any atom is -0.478 e. The van der Waals surface area contributed by atoms with E-state index in [0.717, 1.165) is 28.7 Å². The van der Waals surface area contributed by atoms with Gasteiger partial charge >= 0.3 is 5.97 Å². The molecule has 3 rings (SSSR count). The van der Waals surface area contributed by atoms with E-state index in [1.165, 1.54) is 0 Å². The van der Waals surface area contributed by atoms with Crippen LogP contribution in [0.2, 0.25) is 10.0 Å². The third kappa shape index (κ3) is 5.81. The number of halogens is 2. The van der Waals surface area contributed by atoms with Crippen molar-refractivity contribution >= 4 is 29.2 Å². The van der Waals surface area contributed by atoms with Crippen molar-refractivity contribution in [2.45, 2.75) is 12.5 Å². The van der Waals surface area contributed by atoms with Gasteiger partial charge in [0.1, 0.15) is 0 Å². The van der Waals surface area contributed by atoms with Crippen molar-refractivity contribution in [1.29, 1.82) is 0 Å². The van der Waals surface area contributed by atoms with Gasteiger partial charge in [0, 0.05) is 22.2 Å². The van der Waals surface area contributed by atoms with Crippen molar-refractivity contribution < 1.29 is 15.0 Å². The Morgan fingerprint density at radius 2 is 1.76 bits per heavy atom. The van der Waals surface area contributed by atoms with E-state index >= 15 is 0 Å². The molecule has 0 radical (unpaired) electrons. The molecule has 0 aliphatic carbocycles.